The minimum absolute atomic E-state index is 0.301. The number of nitrogens with one attached hydrogen (secondary N) is 1. The predicted octanol–water partition coefficient (Wildman–Crippen LogP) is 1.72. The second-order valence-electron chi connectivity index (χ2n) is 4.98. The maximum atomic E-state index is 12.2. The van der Waals surface area contributed by atoms with Crippen molar-refractivity contribution in [1.82, 2.24) is 10.3 Å². The number of aromatic nitrogens is 1. The Hall–Kier alpha value is -1.56. The summed E-state index contributed by atoms with van der Waals surface area (Å²) in [6.45, 7) is 1.57. The Morgan fingerprint density at radius 3 is 2.80 bits per heavy atom. The largest absolute Gasteiger partial charge is 0.368 e. The number of primary amides is 1. The van der Waals surface area contributed by atoms with Gasteiger partial charge in [-0.3, -0.25) is 9.59 Å². The summed E-state index contributed by atoms with van der Waals surface area (Å²) >= 11 is 1.65. The van der Waals surface area contributed by atoms with Crippen molar-refractivity contribution in [2.24, 2.45) is 5.73 Å². The molecule has 0 radical (unpaired) electrons. The van der Waals surface area contributed by atoms with Gasteiger partial charge >= 0.3 is 0 Å². The number of nitrogens with zero attached hydrogens (tertiary/aromatic N) is 1. The molecule has 0 saturated heterocycles. The van der Waals surface area contributed by atoms with E-state index in [1.807, 2.05) is 0 Å². The fourth-order valence-electron chi connectivity index (χ4n) is 2.17. The number of carbonyl (C=O) groups is 2. The number of hydrogen-bond acceptors (Lipinski definition) is 4. The molecule has 1 saturated carbocycles. The lowest BCUT2D eigenvalue weighted by molar-refractivity contribution is -0.119. The Bertz CT molecular complexity index is 501. The van der Waals surface area contributed by atoms with E-state index in [1.165, 1.54) is 25.7 Å². The highest BCUT2D eigenvalue weighted by Gasteiger charge is 2.22. The van der Waals surface area contributed by atoms with Crippen LogP contribution in [-0.2, 0) is 4.79 Å². The van der Waals surface area contributed by atoms with Crippen LogP contribution in [0.5, 0.6) is 0 Å². The van der Waals surface area contributed by atoms with Crippen molar-refractivity contribution in [2.75, 3.05) is 0 Å². The number of rotatable bonds is 5. The topological polar surface area (TPSA) is 85.1 Å². The maximum Gasteiger partial charge on any atom is 0.254 e. The van der Waals surface area contributed by atoms with Crippen LogP contribution in [0.15, 0.2) is 23.4 Å². The molecule has 1 aromatic rings. The van der Waals surface area contributed by atoms with Crippen molar-refractivity contribution in [3.63, 3.8) is 0 Å². The summed E-state index contributed by atoms with van der Waals surface area (Å²) in [6, 6.07) is 2.77. The first-order chi connectivity index (χ1) is 9.58. The molecule has 1 atom stereocenters. The van der Waals surface area contributed by atoms with Crippen LogP contribution in [0.4, 0.5) is 0 Å². The fraction of sp³-hybridized carbons (Fsp3) is 0.500. The van der Waals surface area contributed by atoms with E-state index in [9.17, 15) is 9.59 Å². The van der Waals surface area contributed by atoms with E-state index in [4.69, 9.17) is 5.73 Å². The third-order valence-electron chi connectivity index (χ3n) is 3.37. The summed E-state index contributed by atoms with van der Waals surface area (Å²) in [7, 11) is 0. The molecule has 0 bridgehead atoms. The molecule has 2 amide bonds. The van der Waals surface area contributed by atoms with Gasteiger partial charge in [0.15, 0.2) is 0 Å². The van der Waals surface area contributed by atoms with E-state index >= 15 is 0 Å². The average molecular weight is 293 g/mol. The number of pyridine rings is 1. The minimum Gasteiger partial charge on any atom is -0.368 e. The van der Waals surface area contributed by atoms with Gasteiger partial charge in [-0.1, -0.05) is 12.8 Å². The molecule has 108 valence electrons. The zero-order chi connectivity index (χ0) is 14.5. The highest BCUT2D eigenvalue weighted by atomic mass is 32.2. The first-order valence-corrected chi connectivity index (χ1v) is 7.67. The van der Waals surface area contributed by atoms with Gasteiger partial charge in [0.25, 0.3) is 5.91 Å². The summed E-state index contributed by atoms with van der Waals surface area (Å²) in [5.74, 6) is -0.850. The number of amides is 2. The molecule has 6 heteroatoms. The lowest BCUT2D eigenvalue weighted by Crippen LogP contribution is -2.42. The van der Waals surface area contributed by atoms with Crippen molar-refractivity contribution < 1.29 is 9.59 Å². The maximum absolute atomic E-state index is 12.2. The third-order valence-corrected chi connectivity index (χ3v) is 4.72. The van der Waals surface area contributed by atoms with Gasteiger partial charge in [-0.2, -0.15) is 0 Å². The van der Waals surface area contributed by atoms with Crippen molar-refractivity contribution in [3.05, 3.63) is 23.9 Å². The molecule has 1 heterocycles. The number of hydrogen-bond donors (Lipinski definition) is 2. The summed E-state index contributed by atoms with van der Waals surface area (Å²) in [4.78, 5) is 27.5. The van der Waals surface area contributed by atoms with Crippen molar-refractivity contribution in [1.29, 1.82) is 0 Å². The van der Waals surface area contributed by atoms with Crippen molar-refractivity contribution in [2.45, 2.75) is 48.9 Å². The Morgan fingerprint density at radius 1 is 1.45 bits per heavy atom. The molecular formula is C14H19N3O2S. The molecule has 0 spiro atoms. The summed E-state index contributed by atoms with van der Waals surface area (Å²) in [6.07, 6.45) is 6.50. The van der Waals surface area contributed by atoms with E-state index < -0.39 is 11.9 Å². The van der Waals surface area contributed by atoms with Gasteiger partial charge in [0.2, 0.25) is 5.91 Å². The Morgan fingerprint density at radius 2 is 2.15 bits per heavy atom. The Kier molecular flexibility index (Phi) is 5.00. The SMILES string of the molecule is C[C@H](NC(=O)c1cccnc1SC1CCCC1)C(N)=O. The van der Waals surface area contributed by atoms with Crippen LogP contribution in [0.25, 0.3) is 0 Å². The molecule has 1 fully saturated rings. The fourth-order valence-corrected chi connectivity index (χ4v) is 3.46. The van der Waals surface area contributed by atoms with Crippen LogP contribution in [0.3, 0.4) is 0 Å². The molecule has 20 heavy (non-hydrogen) atoms. The first-order valence-electron chi connectivity index (χ1n) is 6.80. The molecule has 1 aliphatic carbocycles. The quantitative estimate of drug-likeness (QED) is 0.865. The van der Waals surface area contributed by atoms with Gasteiger partial charge in [0.1, 0.15) is 11.1 Å². The highest BCUT2D eigenvalue weighted by molar-refractivity contribution is 7.99. The molecule has 2 rings (SSSR count). The third kappa shape index (κ3) is 3.72. The number of thioether (sulfide) groups is 1. The van der Waals surface area contributed by atoms with Crippen LogP contribution >= 0.6 is 11.8 Å². The van der Waals surface area contributed by atoms with Gasteiger partial charge in [-0.25, -0.2) is 4.98 Å². The lowest BCUT2D eigenvalue weighted by atomic mass is 10.2. The van der Waals surface area contributed by atoms with Crippen LogP contribution in [0, 0.1) is 0 Å². The van der Waals surface area contributed by atoms with Crippen LogP contribution < -0.4 is 11.1 Å². The monoisotopic (exact) mass is 293 g/mol. The first kappa shape index (κ1) is 14.8. The van der Waals surface area contributed by atoms with Crippen molar-refractivity contribution in [3.8, 4) is 0 Å². The Balaban J connectivity index is 2.10. The molecule has 1 aliphatic rings. The second kappa shape index (κ2) is 6.74. The summed E-state index contributed by atoms with van der Waals surface area (Å²) in [5, 5.41) is 3.86. The van der Waals surface area contributed by atoms with Gasteiger partial charge in [-0.05, 0) is 31.9 Å². The van der Waals surface area contributed by atoms with Crippen LogP contribution in [-0.4, -0.2) is 28.1 Å². The van der Waals surface area contributed by atoms with E-state index in [0.717, 1.165) is 5.03 Å². The molecule has 1 aromatic heterocycles. The zero-order valence-corrected chi connectivity index (χ0v) is 12.3. The van der Waals surface area contributed by atoms with Gasteiger partial charge < -0.3 is 11.1 Å². The van der Waals surface area contributed by atoms with Crippen LogP contribution in [0.2, 0.25) is 0 Å². The van der Waals surface area contributed by atoms with Crippen LogP contribution in [0.1, 0.15) is 43.0 Å². The van der Waals surface area contributed by atoms with Crippen molar-refractivity contribution >= 4 is 23.6 Å². The predicted molar refractivity (Wildman–Crippen MR) is 78.5 cm³/mol. The molecule has 3 N–H and O–H groups in total. The van der Waals surface area contributed by atoms with Gasteiger partial charge in [0, 0.05) is 11.4 Å². The highest BCUT2D eigenvalue weighted by Crippen LogP contribution is 2.35. The number of nitrogens with two attached hydrogens (primary N) is 1. The summed E-state index contributed by atoms with van der Waals surface area (Å²) in [5.41, 5.74) is 5.67. The average Bonchev–Trinajstić information content (AvgIpc) is 2.92. The Labute approximate surface area is 122 Å². The molecular weight excluding hydrogens is 274 g/mol. The van der Waals surface area contributed by atoms with E-state index in [1.54, 1.807) is 37.0 Å². The molecule has 0 aliphatic heterocycles. The number of carbonyl (C=O) groups excluding carboxylic acids is 2. The normalized spacial score (nSPS) is 16.9. The molecule has 5 nitrogen and oxygen atoms in total. The minimum atomic E-state index is -0.688. The molecule has 0 unspecified atom stereocenters. The van der Waals surface area contributed by atoms with Gasteiger partial charge in [0.05, 0.1) is 5.56 Å². The van der Waals surface area contributed by atoms with E-state index in [0.29, 0.717) is 10.8 Å². The smallest absolute Gasteiger partial charge is 0.254 e. The second-order valence-corrected chi connectivity index (χ2v) is 6.27. The van der Waals surface area contributed by atoms with E-state index in [2.05, 4.69) is 10.3 Å². The van der Waals surface area contributed by atoms with E-state index in [-0.39, 0.29) is 5.91 Å². The van der Waals surface area contributed by atoms with Gasteiger partial charge in [-0.15, -0.1) is 11.8 Å². The summed E-state index contributed by atoms with van der Waals surface area (Å²) < 4.78 is 0. The molecule has 0 aromatic carbocycles. The zero-order valence-electron chi connectivity index (χ0n) is 11.5. The standard InChI is InChI=1S/C14H19N3O2S/c1-9(12(15)18)17-13(19)11-7-4-8-16-14(11)20-10-5-2-3-6-10/h4,7-10H,2-3,5-6H2,1H3,(H2,15,18)(H,17,19)/t9-/m0/s1. The lowest BCUT2D eigenvalue weighted by Gasteiger charge is -2.14.